The Labute approximate surface area is 91.0 Å². The minimum Gasteiger partial charge on any atom is -0.490 e. The zero-order valence-corrected chi connectivity index (χ0v) is 9.32. The van der Waals surface area contributed by atoms with Gasteiger partial charge in [0.05, 0.1) is 6.20 Å². The summed E-state index contributed by atoms with van der Waals surface area (Å²) in [6.07, 6.45) is 4.78. The third kappa shape index (κ3) is 2.54. The summed E-state index contributed by atoms with van der Waals surface area (Å²) < 4.78 is 6.67. The van der Waals surface area contributed by atoms with Gasteiger partial charge in [-0.05, 0) is 41.6 Å². The molecular weight excluding hydrogens is 275 g/mol. The lowest BCUT2D eigenvalue weighted by molar-refractivity contribution is 0.217. The van der Waals surface area contributed by atoms with Crippen LogP contribution in [0.3, 0.4) is 0 Å². The molecule has 1 aliphatic rings. The van der Waals surface area contributed by atoms with Gasteiger partial charge in [-0.2, -0.15) is 0 Å². The zero-order valence-electron chi connectivity index (χ0n) is 7.16. The number of hydrogen-bond donors (Lipinski definition) is 1. The van der Waals surface area contributed by atoms with E-state index in [9.17, 15) is 0 Å². The smallest absolute Gasteiger partial charge is 0.138 e. The van der Waals surface area contributed by atoms with Crippen LogP contribution >= 0.6 is 22.6 Å². The van der Waals surface area contributed by atoms with Gasteiger partial charge in [0.2, 0.25) is 0 Å². The summed E-state index contributed by atoms with van der Waals surface area (Å²) in [5.41, 5.74) is 0. The van der Waals surface area contributed by atoms with E-state index in [1.54, 1.807) is 6.20 Å². The van der Waals surface area contributed by atoms with Crippen LogP contribution in [0, 0.1) is 3.57 Å². The molecule has 0 aliphatic carbocycles. The van der Waals surface area contributed by atoms with E-state index in [4.69, 9.17) is 4.74 Å². The van der Waals surface area contributed by atoms with Gasteiger partial charge in [-0.1, -0.05) is 0 Å². The molecule has 0 bridgehead atoms. The highest BCUT2D eigenvalue weighted by Crippen LogP contribution is 2.14. The standard InChI is InChI=1S/C9H11IN2O/c10-7-3-9(5-11-4-7)13-6-8-1-2-12-8/h3-5,8,12H,1-2,6H2/t8-/m0/s1/i10-4. The lowest BCUT2D eigenvalue weighted by Crippen LogP contribution is -2.46. The van der Waals surface area contributed by atoms with Crippen LogP contribution in [0.25, 0.3) is 0 Å². The van der Waals surface area contributed by atoms with E-state index in [1.807, 2.05) is 12.3 Å². The third-order valence-corrected chi connectivity index (χ3v) is 2.65. The van der Waals surface area contributed by atoms with Crippen molar-refractivity contribution in [2.24, 2.45) is 0 Å². The number of hydrogen-bond acceptors (Lipinski definition) is 3. The number of ether oxygens (including phenoxy) is 1. The summed E-state index contributed by atoms with van der Waals surface area (Å²) in [6, 6.07) is 2.53. The molecule has 3 nitrogen and oxygen atoms in total. The molecular formula is C9H11IN2O. The predicted molar refractivity (Wildman–Crippen MR) is 58.9 cm³/mol. The average molecular weight is 286 g/mol. The van der Waals surface area contributed by atoms with Gasteiger partial charge in [-0.25, -0.2) is 0 Å². The molecule has 1 fully saturated rings. The molecule has 2 rings (SSSR count). The van der Waals surface area contributed by atoms with E-state index in [-0.39, 0.29) is 0 Å². The summed E-state index contributed by atoms with van der Waals surface area (Å²) >= 11 is 2.23. The van der Waals surface area contributed by atoms with Gasteiger partial charge in [-0.3, -0.25) is 4.98 Å². The highest BCUT2D eigenvalue weighted by atomic mass is 123. The van der Waals surface area contributed by atoms with Crippen molar-refractivity contribution in [1.82, 2.24) is 10.3 Å². The van der Waals surface area contributed by atoms with Gasteiger partial charge in [0, 0.05) is 15.8 Å². The van der Waals surface area contributed by atoms with Crippen LogP contribution < -0.4 is 10.1 Å². The quantitative estimate of drug-likeness (QED) is 0.853. The highest BCUT2D eigenvalue weighted by Gasteiger charge is 2.16. The fraction of sp³-hybridized carbons (Fsp3) is 0.444. The van der Waals surface area contributed by atoms with E-state index in [0.717, 1.165) is 22.5 Å². The SMILES string of the molecule is [123I]c1cncc(OC[C@@H]2CCN2)c1. The Morgan fingerprint density at radius 1 is 1.62 bits per heavy atom. The van der Waals surface area contributed by atoms with Gasteiger partial charge in [0.15, 0.2) is 0 Å². The van der Waals surface area contributed by atoms with Gasteiger partial charge in [0.25, 0.3) is 0 Å². The van der Waals surface area contributed by atoms with Crippen molar-refractivity contribution in [3.8, 4) is 5.75 Å². The topological polar surface area (TPSA) is 34.1 Å². The number of rotatable bonds is 3. The van der Waals surface area contributed by atoms with E-state index < -0.39 is 0 Å². The second kappa shape index (κ2) is 4.23. The molecule has 0 radical (unpaired) electrons. The van der Waals surface area contributed by atoms with Crippen molar-refractivity contribution in [3.63, 3.8) is 0 Å². The molecule has 1 aromatic heterocycles. The molecule has 1 saturated heterocycles. The van der Waals surface area contributed by atoms with Crippen LogP contribution in [0.1, 0.15) is 6.42 Å². The second-order valence-corrected chi connectivity index (χ2v) is 4.34. The minimum atomic E-state index is 0.540. The molecule has 1 aliphatic heterocycles. The molecule has 0 amide bonds. The maximum Gasteiger partial charge on any atom is 0.138 e. The van der Waals surface area contributed by atoms with E-state index >= 15 is 0 Å². The van der Waals surface area contributed by atoms with Crippen LogP contribution in [0.2, 0.25) is 0 Å². The molecule has 1 N–H and O–H groups in total. The van der Waals surface area contributed by atoms with Crippen molar-refractivity contribution < 1.29 is 4.74 Å². The first-order chi connectivity index (χ1) is 6.34. The van der Waals surface area contributed by atoms with Gasteiger partial charge in [-0.15, -0.1) is 0 Å². The predicted octanol–water partition coefficient (Wildman–Crippen LogP) is 1.43. The molecule has 4 heteroatoms. The molecule has 13 heavy (non-hydrogen) atoms. The third-order valence-electron chi connectivity index (χ3n) is 2.06. The van der Waals surface area contributed by atoms with Crippen molar-refractivity contribution in [3.05, 3.63) is 22.0 Å². The normalized spacial score (nSPS) is 20.8. The first-order valence-electron chi connectivity index (χ1n) is 4.31. The average Bonchev–Trinajstić information content (AvgIpc) is 2.01. The number of nitrogens with zero attached hydrogens (tertiary/aromatic N) is 1. The maximum atomic E-state index is 5.56. The summed E-state index contributed by atoms with van der Waals surface area (Å²) in [4.78, 5) is 4.05. The number of pyridine rings is 1. The Morgan fingerprint density at radius 3 is 3.08 bits per heavy atom. The lowest BCUT2D eigenvalue weighted by atomic mass is 10.1. The Morgan fingerprint density at radius 2 is 2.46 bits per heavy atom. The number of halogens is 1. The Bertz CT molecular complexity index is 289. The van der Waals surface area contributed by atoms with Crippen LogP contribution in [-0.2, 0) is 0 Å². The molecule has 1 aromatic rings. The molecule has 0 aromatic carbocycles. The van der Waals surface area contributed by atoms with Crippen LogP contribution in [-0.4, -0.2) is 24.2 Å². The zero-order chi connectivity index (χ0) is 9.10. The number of nitrogens with one attached hydrogen (secondary N) is 1. The van der Waals surface area contributed by atoms with Crippen molar-refractivity contribution >= 4 is 22.6 Å². The Hall–Kier alpha value is -0.360. The largest absolute Gasteiger partial charge is 0.490 e. The monoisotopic (exact) mass is 286 g/mol. The summed E-state index contributed by atoms with van der Waals surface area (Å²) in [6.45, 7) is 1.88. The summed E-state index contributed by atoms with van der Waals surface area (Å²) in [5.74, 6) is 0.862. The van der Waals surface area contributed by atoms with Crippen LogP contribution in [0.15, 0.2) is 18.5 Å². The maximum absolute atomic E-state index is 5.56. The van der Waals surface area contributed by atoms with E-state index in [1.165, 1.54) is 6.42 Å². The summed E-state index contributed by atoms with van der Waals surface area (Å²) in [5, 5.41) is 3.28. The first kappa shape index (κ1) is 9.21. The van der Waals surface area contributed by atoms with E-state index in [0.29, 0.717) is 6.04 Å². The molecule has 0 saturated carbocycles. The molecule has 2 heterocycles. The second-order valence-electron chi connectivity index (χ2n) is 3.09. The molecule has 1 atom stereocenters. The van der Waals surface area contributed by atoms with Gasteiger partial charge in [0.1, 0.15) is 12.4 Å². The van der Waals surface area contributed by atoms with Crippen molar-refractivity contribution in [1.29, 1.82) is 0 Å². The number of aromatic nitrogens is 1. The lowest BCUT2D eigenvalue weighted by Gasteiger charge is -2.27. The highest BCUT2D eigenvalue weighted by molar-refractivity contribution is 14.1. The fourth-order valence-electron chi connectivity index (χ4n) is 1.16. The van der Waals surface area contributed by atoms with Gasteiger partial charge < -0.3 is 10.1 Å². The Kier molecular flexibility index (Phi) is 3.00. The molecule has 0 unspecified atom stereocenters. The molecule has 0 spiro atoms. The molecule has 70 valence electrons. The minimum absolute atomic E-state index is 0.540. The summed E-state index contributed by atoms with van der Waals surface area (Å²) in [7, 11) is 0. The van der Waals surface area contributed by atoms with E-state index in [2.05, 4.69) is 32.9 Å². The van der Waals surface area contributed by atoms with Crippen LogP contribution in [0.5, 0.6) is 5.75 Å². The fourth-order valence-corrected chi connectivity index (χ4v) is 1.63. The first-order valence-corrected chi connectivity index (χ1v) is 5.39. The Balaban J connectivity index is 1.86. The van der Waals surface area contributed by atoms with Gasteiger partial charge >= 0.3 is 0 Å². The van der Waals surface area contributed by atoms with Crippen LogP contribution in [0.4, 0.5) is 0 Å². The van der Waals surface area contributed by atoms with Crippen molar-refractivity contribution in [2.45, 2.75) is 12.5 Å². The van der Waals surface area contributed by atoms with Crippen molar-refractivity contribution in [2.75, 3.05) is 13.2 Å².